The first kappa shape index (κ1) is 25.8. The highest BCUT2D eigenvalue weighted by molar-refractivity contribution is 7.91. The molecule has 0 aliphatic heterocycles. The monoisotopic (exact) mass is 520 g/mol. The first-order valence-corrected chi connectivity index (χ1v) is 13.6. The molecule has 0 atom stereocenters. The normalized spacial score (nSPS) is 11.9. The minimum atomic E-state index is -3.64. The van der Waals surface area contributed by atoms with Crippen LogP contribution in [0.1, 0.15) is 33.3 Å². The van der Waals surface area contributed by atoms with Crippen LogP contribution in [0.25, 0.3) is 11.1 Å². The maximum Gasteiger partial charge on any atom is 0.206 e. The number of ether oxygens (including phenoxy) is 2. The third-order valence-electron chi connectivity index (χ3n) is 5.63. The van der Waals surface area contributed by atoms with Crippen LogP contribution < -0.4 is 9.47 Å². The highest BCUT2D eigenvalue weighted by Gasteiger charge is 2.21. The molecule has 36 heavy (non-hydrogen) atoms. The molecule has 0 N–H and O–H groups in total. The van der Waals surface area contributed by atoms with Crippen LogP contribution in [0, 0.1) is 0 Å². The largest absolute Gasteiger partial charge is 0.491 e. The number of hydrogen-bond acceptors (Lipinski definition) is 4. The van der Waals surface area contributed by atoms with Gasteiger partial charge >= 0.3 is 0 Å². The van der Waals surface area contributed by atoms with E-state index in [9.17, 15) is 8.42 Å². The summed E-state index contributed by atoms with van der Waals surface area (Å²) in [5, 5.41) is 0. The molecule has 0 spiro atoms. The number of benzene rings is 4. The molecular weight excluding hydrogens is 492 g/mol. The molecule has 0 aliphatic carbocycles. The summed E-state index contributed by atoms with van der Waals surface area (Å²) in [6.45, 7) is 7.73. The lowest BCUT2D eigenvalue weighted by Crippen LogP contribution is -2.08. The van der Waals surface area contributed by atoms with Crippen molar-refractivity contribution in [1.82, 2.24) is 0 Å². The van der Waals surface area contributed by atoms with Gasteiger partial charge in [-0.2, -0.15) is 0 Å². The molecule has 186 valence electrons. The lowest BCUT2D eigenvalue weighted by atomic mass is 10.0. The molecule has 0 bridgehead atoms. The van der Waals surface area contributed by atoms with E-state index in [0.717, 1.165) is 22.4 Å². The maximum absolute atomic E-state index is 13.0. The highest BCUT2D eigenvalue weighted by Crippen LogP contribution is 2.31. The van der Waals surface area contributed by atoms with Gasteiger partial charge in [0.1, 0.15) is 17.2 Å². The predicted molar refractivity (Wildman–Crippen MR) is 145 cm³/mol. The van der Waals surface area contributed by atoms with Crippen molar-refractivity contribution in [2.24, 2.45) is 0 Å². The van der Waals surface area contributed by atoms with Crippen LogP contribution >= 0.6 is 11.6 Å². The van der Waals surface area contributed by atoms with Crippen molar-refractivity contribution in [2.75, 3.05) is 0 Å². The predicted octanol–water partition coefficient (Wildman–Crippen LogP) is 8.24. The Balaban J connectivity index is 1.44. The fraction of sp³-hybridized carbons (Fsp3) is 0.200. The Kier molecular flexibility index (Phi) is 7.43. The van der Waals surface area contributed by atoms with Gasteiger partial charge in [0.2, 0.25) is 9.84 Å². The molecule has 4 nitrogen and oxygen atoms in total. The topological polar surface area (TPSA) is 52.6 Å². The van der Waals surface area contributed by atoms with Gasteiger partial charge in [-0.15, -0.1) is 11.6 Å². The number of hydrogen-bond donors (Lipinski definition) is 0. The summed E-state index contributed by atoms with van der Waals surface area (Å²) in [5.74, 6) is 2.06. The van der Waals surface area contributed by atoms with Crippen LogP contribution in [-0.4, -0.2) is 14.5 Å². The summed E-state index contributed by atoms with van der Waals surface area (Å²) in [5.41, 5.74) is 2.99. The van der Waals surface area contributed by atoms with Crippen LogP contribution in [-0.2, 0) is 14.7 Å². The zero-order chi connectivity index (χ0) is 25.9. The summed E-state index contributed by atoms with van der Waals surface area (Å²) in [4.78, 5) is -0.139. The summed E-state index contributed by atoms with van der Waals surface area (Å²) >= 11 is 6.32. The standard InChI is InChI=1S/C30H29ClO4S/c1-21(2)34-25-11-5-22(6-12-25)23-7-13-26(14-8-23)35-27-15-19-29(20-16-27)36(32,33)28-17-9-24(10-18-28)30(3,4)31/h5-21H,1-4H3. The molecule has 0 fully saturated rings. The molecule has 0 radical (unpaired) electrons. The van der Waals surface area contributed by atoms with E-state index in [1.165, 1.54) is 0 Å². The van der Waals surface area contributed by atoms with E-state index in [0.29, 0.717) is 11.5 Å². The quantitative estimate of drug-likeness (QED) is 0.219. The second-order valence-electron chi connectivity index (χ2n) is 9.29. The molecule has 0 saturated carbocycles. The minimum absolute atomic E-state index is 0.136. The Labute approximate surface area is 218 Å². The van der Waals surface area contributed by atoms with Crippen molar-refractivity contribution < 1.29 is 17.9 Å². The lowest BCUT2D eigenvalue weighted by Gasteiger charge is -2.16. The first-order valence-electron chi connectivity index (χ1n) is 11.7. The van der Waals surface area contributed by atoms with Gasteiger partial charge in [-0.25, -0.2) is 8.42 Å². The van der Waals surface area contributed by atoms with Crippen molar-refractivity contribution >= 4 is 21.4 Å². The van der Waals surface area contributed by atoms with E-state index < -0.39 is 14.7 Å². The Hall–Kier alpha value is -3.28. The number of rotatable bonds is 8. The van der Waals surface area contributed by atoms with Crippen molar-refractivity contribution in [1.29, 1.82) is 0 Å². The van der Waals surface area contributed by atoms with Crippen molar-refractivity contribution in [2.45, 2.75) is 48.5 Å². The molecule has 6 heteroatoms. The number of sulfone groups is 1. The minimum Gasteiger partial charge on any atom is -0.491 e. The zero-order valence-electron chi connectivity index (χ0n) is 20.7. The van der Waals surface area contributed by atoms with E-state index in [2.05, 4.69) is 0 Å². The maximum atomic E-state index is 13.0. The summed E-state index contributed by atoms with van der Waals surface area (Å²) < 4.78 is 37.7. The third-order valence-corrected chi connectivity index (χ3v) is 7.64. The molecule has 0 unspecified atom stereocenters. The lowest BCUT2D eigenvalue weighted by molar-refractivity contribution is 0.242. The molecule has 4 aromatic rings. The van der Waals surface area contributed by atoms with Crippen molar-refractivity contribution in [3.63, 3.8) is 0 Å². The molecule has 0 aliphatic rings. The Morgan fingerprint density at radius 2 is 1.03 bits per heavy atom. The van der Waals surface area contributed by atoms with Gasteiger partial charge in [-0.05, 0) is 105 Å². The van der Waals surface area contributed by atoms with Gasteiger partial charge < -0.3 is 9.47 Å². The molecule has 0 saturated heterocycles. The average molecular weight is 521 g/mol. The second-order valence-corrected chi connectivity index (χ2v) is 12.2. The van der Waals surface area contributed by atoms with Gasteiger partial charge in [-0.3, -0.25) is 0 Å². The van der Waals surface area contributed by atoms with E-state index in [4.69, 9.17) is 21.1 Å². The smallest absolute Gasteiger partial charge is 0.206 e. The van der Waals surface area contributed by atoms with Gasteiger partial charge in [0.15, 0.2) is 0 Å². The van der Waals surface area contributed by atoms with Gasteiger partial charge in [-0.1, -0.05) is 36.4 Å². The fourth-order valence-electron chi connectivity index (χ4n) is 3.70. The molecule has 4 rings (SSSR count). The van der Waals surface area contributed by atoms with Crippen LogP contribution in [0.15, 0.2) is 107 Å². The fourth-order valence-corrected chi connectivity index (χ4v) is 5.09. The Morgan fingerprint density at radius 3 is 1.44 bits per heavy atom. The van der Waals surface area contributed by atoms with Gasteiger partial charge in [0.05, 0.1) is 20.8 Å². The van der Waals surface area contributed by atoms with E-state index in [1.54, 1.807) is 48.5 Å². The van der Waals surface area contributed by atoms with Crippen LogP contribution in [0.4, 0.5) is 0 Å². The molecule has 0 heterocycles. The third kappa shape index (κ3) is 6.10. The Bertz CT molecular complexity index is 1400. The van der Waals surface area contributed by atoms with Gasteiger partial charge in [0.25, 0.3) is 0 Å². The van der Waals surface area contributed by atoms with E-state index in [1.807, 2.05) is 76.2 Å². The number of halogens is 1. The van der Waals surface area contributed by atoms with E-state index >= 15 is 0 Å². The van der Waals surface area contributed by atoms with E-state index in [-0.39, 0.29) is 15.9 Å². The molecule has 0 amide bonds. The van der Waals surface area contributed by atoms with Crippen molar-refractivity contribution in [3.05, 3.63) is 103 Å². The van der Waals surface area contributed by atoms with Crippen LogP contribution in [0.5, 0.6) is 17.2 Å². The SMILES string of the molecule is CC(C)Oc1ccc(-c2ccc(Oc3ccc(S(=O)(=O)c4ccc(C(C)(C)Cl)cc4)cc3)cc2)cc1. The summed E-state index contributed by atoms with van der Waals surface area (Å²) in [7, 11) is -3.64. The van der Waals surface area contributed by atoms with Crippen LogP contribution in [0.3, 0.4) is 0 Å². The molecule has 0 aromatic heterocycles. The molecular formula is C30H29ClO4S. The van der Waals surface area contributed by atoms with Crippen molar-refractivity contribution in [3.8, 4) is 28.4 Å². The first-order chi connectivity index (χ1) is 17.0. The average Bonchev–Trinajstić information content (AvgIpc) is 2.85. The van der Waals surface area contributed by atoms with Gasteiger partial charge in [0, 0.05) is 0 Å². The molecule has 4 aromatic carbocycles. The summed E-state index contributed by atoms with van der Waals surface area (Å²) in [6.07, 6.45) is 0.136. The Morgan fingerprint density at radius 1 is 0.639 bits per heavy atom. The summed E-state index contributed by atoms with van der Waals surface area (Å²) in [6, 6.07) is 28.8. The zero-order valence-corrected chi connectivity index (χ0v) is 22.3. The highest BCUT2D eigenvalue weighted by atomic mass is 35.5. The number of alkyl halides is 1. The second kappa shape index (κ2) is 10.4. The van der Waals surface area contributed by atoms with Crippen LogP contribution in [0.2, 0.25) is 0 Å².